The van der Waals surface area contributed by atoms with Crippen molar-refractivity contribution in [3.8, 4) is 0 Å². The minimum atomic E-state index is 0. The minimum absolute atomic E-state index is 0. The van der Waals surface area contributed by atoms with Gasteiger partial charge in [-0.05, 0) is 24.1 Å². The smallest absolute Gasteiger partial charge is 0.191 e. The SMILES string of the molecule is CN=C(NCc1cccc(N(C)C)c1)NC1CCc2nc(COC)nn2C1.I. The van der Waals surface area contributed by atoms with E-state index in [1.807, 2.05) is 18.8 Å². The second-order valence-electron chi connectivity index (χ2n) is 6.93. The Morgan fingerprint density at radius 1 is 1.39 bits per heavy atom. The summed E-state index contributed by atoms with van der Waals surface area (Å²) >= 11 is 0. The summed E-state index contributed by atoms with van der Waals surface area (Å²) in [4.78, 5) is 11.0. The van der Waals surface area contributed by atoms with E-state index in [-0.39, 0.29) is 30.0 Å². The fourth-order valence-electron chi connectivity index (χ4n) is 3.19. The number of aliphatic imine (C=N–C) groups is 1. The highest BCUT2D eigenvalue weighted by molar-refractivity contribution is 14.0. The van der Waals surface area contributed by atoms with Crippen molar-refractivity contribution in [3.63, 3.8) is 0 Å². The van der Waals surface area contributed by atoms with Gasteiger partial charge in [0.15, 0.2) is 11.8 Å². The first-order chi connectivity index (χ1) is 13.1. The Morgan fingerprint density at radius 2 is 2.21 bits per heavy atom. The minimum Gasteiger partial charge on any atom is -0.378 e. The van der Waals surface area contributed by atoms with Crippen LogP contribution in [0, 0.1) is 0 Å². The van der Waals surface area contributed by atoms with Crippen LogP contribution in [0.5, 0.6) is 0 Å². The summed E-state index contributed by atoms with van der Waals surface area (Å²) in [6, 6.07) is 8.75. The number of nitrogens with zero attached hydrogens (tertiary/aromatic N) is 5. The Balaban J connectivity index is 0.00000280. The van der Waals surface area contributed by atoms with Gasteiger partial charge in [-0.25, -0.2) is 9.67 Å². The van der Waals surface area contributed by atoms with Gasteiger partial charge in [-0.2, -0.15) is 5.10 Å². The monoisotopic (exact) mass is 499 g/mol. The summed E-state index contributed by atoms with van der Waals surface area (Å²) < 4.78 is 7.10. The van der Waals surface area contributed by atoms with E-state index in [1.54, 1.807) is 14.2 Å². The first-order valence-corrected chi connectivity index (χ1v) is 9.24. The maximum absolute atomic E-state index is 5.13. The van der Waals surface area contributed by atoms with Gasteiger partial charge in [-0.15, -0.1) is 24.0 Å². The molecule has 154 valence electrons. The molecular formula is C19H30IN7O. The number of methoxy groups -OCH3 is 1. The predicted molar refractivity (Wildman–Crippen MR) is 122 cm³/mol. The average Bonchev–Trinajstić information content (AvgIpc) is 3.07. The van der Waals surface area contributed by atoms with Crippen LogP contribution in [-0.4, -0.2) is 55.0 Å². The Labute approximate surface area is 183 Å². The molecule has 3 rings (SSSR count). The highest BCUT2D eigenvalue weighted by Crippen LogP contribution is 2.14. The van der Waals surface area contributed by atoms with E-state index in [0.717, 1.165) is 43.5 Å². The molecule has 1 unspecified atom stereocenters. The second-order valence-corrected chi connectivity index (χ2v) is 6.93. The van der Waals surface area contributed by atoms with Crippen molar-refractivity contribution in [1.82, 2.24) is 25.4 Å². The van der Waals surface area contributed by atoms with E-state index in [4.69, 9.17) is 4.74 Å². The third-order valence-corrected chi connectivity index (χ3v) is 4.63. The van der Waals surface area contributed by atoms with E-state index in [2.05, 4.69) is 54.9 Å². The third kappa shape index (κ3) is 5.81. The fraction of sp³-hybridized carbons (Fsp3) is 0.526. The lowest BCUT2D eigenvalue weighted by Gasteiger charge is -2.25. The van der Waals surface area contributed by atoms with Gasteiger partial charge in [0, 0.05) is 52.9 Å². The Morgan fingerprint density at radius 3 is 2.93 bits per heavy atom. The number of hydrogen-bond acceptors (Lipinski definition) is 5. The van der Waals surface area contributed by atoms with Crippen LogP contribution < -0.4 is 15.5 Å². The summed E-state index contributed by atoms with van der Waals surface area (Å²) in [5.74, 6) is 2.58. The zero-order valence-electron chi connectivity index (χ0n) is 17.0. The molecule has 0 radical (unpaired) electrons. The molecule has 8 nitrogen and oxygen atoms in total. The number of guanidine groups is 1. The zero-order chi connectivity index (χ0) is 19.2. The largest absolute Gasteiger partial charge is 0.378 e. The molecular weight excluding hydrogens is 469 g/mol. The molecule has 28 heavy (non-hydrogen) atoms. The molecule has 2 heterocycles. The summed E-state index contributed by atoms with van der Waals surface area (Å²) in [7, 11) is 7.55. The Bertz CT molecular complexity index is 790. The molecule has 1 aliphatic rings. The molecule has 1 aromatic carbocycles. The molecule has 0 aliphatic carbocycles. The van der Waals surface area contributed by atoms with Crippen molar-refractivity contribution in [2.24, 2.45) is 4.99 Å². The van der Waals surface area contributed by atoms with Gasteiger partial charge in [-0.3, -0.25) is 4.99 Å². The second kappa shape index (κ2) is 10.6. The normalized spacial score (nSPS) is 16.1. The van der Waals surface area contributed by atoms with Crippen molar-refractivity contribution in [2.75, 3.05) is 33.2 Å². The molecule has 0 saturated heterocycles. The lowest BCUT2D eigenvalue weighted by atomic mass is 10.1. The Kier molecular flexibility index (Phi) is 8.49. The number of aryl methyl sites for hydroxylation is 1. The molecule has 9 heteroatoms. The quantitative estimate of drug-likeness (QED) is 0.359. The number of rotatable bonds is 6. The first kappa shape index (κ1) is 22.4. The van der Waals surface area contributed by atoms with Crippen molar-refractivity contribution in [1.29, 1.82) is 0 Å². The van der Waals surface area contributed by atoms with E-state index in [9.17, 15) is 0 Å². The van der Waals surface area contributed by atoms with E-state index in [0.29, 0.717) is 6.61 Å². The molecule has 1 aromatic heterocycles. The van der Waals surface area contributed by atoms with Gasteiger partial charge in [0.2, 0.25) is 0 Å². The highest BCUT2D eigenvalue weighted by Gasteiger charge is 2.22. The lowest BCUT2D eigenvalue weighted by molar-refractivity contribution is 0.177. The number of aromatic nitrogens is 3. The maximum Gasteiger partial charge on any atom is 0.191 e. The summed E-state index contributed by atoms with van der Waals surface area (Å²) in [6.45, 7) is 1.96. The van der Waals surface area contributed by atoms with Gasteiger partial charge in [-0.1, -0.05) is 12.1 Å². The summed E-state index contributed by atoms with van der Waals surface area (Å²) in [5, 5.41) is 11.4. The van der Waals surface area contributed by atoms with Crippen LogP contribution in [0.1, 0.15) is 23.6 Å². The van der Waals surface area contributed by atoms with Crippen molar-refractivity contribution < 1.29 is 4.74 Å². The number of halogens is 1. The van der Waals surface area contributed by atoms with E-state index in [1.165, 1.54) is 11.3 Å². The number of nitrogens with one attached hydrogen (secondary N) is 2. The summed E-state index contributed by atoms with van der Waals surface area (Å²) in [6.07, 6.45) is 1.90. The molecule has 2 N–H and O–H groups in total. The third-order valence-electron chi connectivity index (χ3n) is 4.63. The van der Waals surface area contributed by atoms with Gasteiger partial charge in [0.1, 0.15) is 12.4 Å². The van der Waals surface area contributed by atoms with Crippen LogP contribution in [0.4, 0.5) is 5.69 Å². The number of ether oxygens (including phenoxy) is 1. The van der Waals surface area contributed by atoms with Crippen LogP contribution in [-0.2, 0) is 30.9 Å². The first-order valence-electron chi connectivity index (χ1n) is 9.24. The maximum atomic E-state index is 5.13. The molecule has 0 fully saturated rings. The number of fused-ring (bicyclic) bond motifs is 1. The molecule has 0 spiro atoms. The van der Waals surface area contributed by atoms with Crippen molar-refractivity contribution in [2.45, 2.75) is 38.6 Å². The van der Waals surface area contributed by atoms with Crippen LogP contribution >= 0.6 is 24.0 Å². The topological polar surface area (TPSA) is 79.6 Å². The Hall–Kier alpha value is -1.88. The van der Waals surface area contributed by atoms with Crippen LogP contribution in [0.2, 0.25) is 0 Å². The number of benzene rings is 1. The molecule has 2 aromatic rings. The molecule has 0 amide bonds. The van der Waals surface area contributed by atoms with Crippen LogP contribution in [0.25, 0.3) is 0 Å². The highest BCUT2D eigenvalue weighted by atomic mass is 127. The van der Waals surface area contributed by atoms with Gasteiger partial charge in [0.25, 0.3) is 0 Å². The molecule has 0 bridgehead atoms. The van der Waals surface area contributed by atoms with Crippen molar-refractivity contribution in [3.05, 3.63) is 41.5 Å². The van der Waals surface area contributed by atoms with Gasteiger partial charge >= 0.3 is 0 Å². The van der Waals surface area contributed by atoms with Gasteiger partial charge < -0.3 is 20.3 Å². The van der Waals surface area contributed by atoms with Crippen molar-refractivity contribution >= 4 is 35.6 Å². The average molecular weight is 499 g/mol. The number of hydrogen-bond donors (Lipinski definition) is 2. The predicted octanol–water partition coefficient (Wildman–Crippen LogP) is 1.79. The van der Waals surface area contributed by atoms with Crippen LogP contribution in [0.3, 0.4) is 0 Å². The van der Waals surface area contributed by atoms with E-state index < -0.39 is 0 Å². The van der Waals surface area contributed by atoms with Gasteiger partial charge in [0.05, 0.1) is 6.54 Å². The lowest BCUT2D eigenvalue weighted by Crippen LogP contribution is -2.46. The molecule has 1 atom stereocenters. The fourth-order valence-corrected chi connectivity index (χ4v) is 3.19. The van der Waals surface area contributed by atoms with Crippen LogP contribution in [0.15, 0.2) is 29.3 Å². The zero-order valence-corrected chi connectivity index (χ0v) is 19.3. The number of anilines is 1. The standard InChI is InChI=1S/C19H29N7O.HI/c1-20-19(21-11-14-6-5-7-16(10-14)25(2)3)22-15-8-9-18-23-17(13-27-4)24-26(18)12-15;/h5-7,10,15H,8-9,11-13H2,1-4H3,(H2,20,21,22);1H. The van der Waals surface area contributed by atoms with E-state index >= 15 is 0 Å². The molecule has 1 aliphatic heterocycles. The summed E-state index contributed by atoms with van der Waals surface area (Å²) in [5.41, 5.74) is 2.41. The molecule has 0 saturated carbocycles.